The van der Waals surface area contributed by atoms with E-state index in [0.717, 1.165) is 31.4 Å². The summed E-state index contributed by atoms with van der Waals surface area (Å²) in [7, 11) is 0. The number of carbonyl (C=O) groups excluding carboxylic acids is 1. The average molecular weight is 372 g/mol. The molecule has 0 fully saturated rings. The largest absolute Gasteiger partial charge is 0.508 e. The lowest BCUT2D eigenvalue weighted by atomic mass is 10.1. The third kappa shape index (κ3) is 13.8. The quantitative estimate of drug-likeness (QED) is 0.195. The number of phenolic OH excluding ortho intramolecular Hbond substituents is 1. The van der Waals surface area contributed by atoms with Gasteiger partial charge in [-0.25, -0.2) is 0 Å². The normalized spacial score (nSPS) is 11.4. The lowest BCUT2D eigenvalue weighted by Gasteiger charge is -2.05. The molecule has 1 amide bonds. The number of hydrogen-bond acceptors (Lipinski definition) is 2. The minimum Gasteiger partial charge on any atom is -0.508 e. The summed E-state index contributed by atoms with van der Waals surface area (Å²) < 4.78 is 0. The number of allylic oxidation sites excluding steroid dienone is 4. The Labute approximate surface area is 165 Å². The molecule has 0 spiro atoms. The smallest absolute Gasteiger partial charge is 0.224 e. The maximum absolute atomic E-state index is 11.8. The monoisotopic (exact) mass is 371 g/mol. The van der Waals surface area contributed by atoms with E-state index in [1.165, 1.54) is 44.9 Å². The molecule has 0 saturated heterocycles. The number of hydrogen-bond donors (Lipinski definition) is 2. The molecule has 27 heavy (non-hydrogen) atoms. The number of rotatable bonds is 15. The van der Waals surface area contributed by atoms with Crippen LogP contribution < -0.4 is 5.32 Å². The van der Waals surface area contributed by atoms with Crippen LogP contribution in [0, 0.1) is 0 Å². The van der Waals surface area contributed by atoms with Crippen molar-refractivity contribution in [3.05, 3.63) is 48.6 Å². The van der Waals surface area contributed by atoms with Crippen LogP contribution in [-0.2, 0) is 4.79 Å². The number of aromatic hydroxyl groups is 1. The Bertz CT molecular complexity index is 546. The van der Waals surface area contributed by atoms with E-state index >= 15 is 0 Å². The van der Waals surface area contributed by atoms with Gasteiger partial charge in [0, 0.05) is 12.1 Å². The van der Waals surface area contributed by atoms with Gasteiger partial charge >= 0.3 is 0 Å². The van der Waals surface area contributed by atoms with E-state index in [2.05, 4.69) is 36.5 Å². The molecule has 1 aromatic rings. The van der Waals surface area contributed by atoms with E-state index in [1.807, 2.05) is 0 Å². The third-order valence-electron chi connectivity index (χ3n) is 4.51. The molecule has 0 saturated carbocycles. The molecular weight excluding hydrogens is 334 g/mol. The number of phenols is 1. The van der Waals surface area contributed by atoms with E-state index in [9.17, 15) is 9.90 Å². The zero-order chi connectivity index (χ0) is 19.6. The molecule has 0 atom stereocenters. The number of anilines is 1. The Hall–Kier alpha value is -2.03. The molecule has 0 radical (unpaired) electrons. The molecular formula is C24H37NO2. The Morgan fingerprint density at radius 1 is 0.852 bits per heavy atom. The first-order valence-electron chi connectivity index (χ1n) is 10.6. The zero-order valence-electron chi connectivity index (χ0n) is 17.0. The van der Waals surface area contributed by atoms with Gasteiger partial charge in [0.15, 0.2) is 0 Å². The molecule has 150 valence electrons. The van der Waals surface area contributed by atoms with Crippen molar-refractivity contribution in [2.75, 3.05) is 5.32 Å². The summed E-state index contributed by atoms with van der Waals surface area (Å²) in [6, 6.07) is 6.58. The van der Waals surface area contributed by atoms with Gasteiger partial charge in [-0.05, 0) is 62.8 Å². The standard InChI is InChI=1S/C24H37NO2/c1-2-3-4-5-6-7-8-9-10-11-12-13-14-15-16-17-24(27)25-22-18-20-23(26)21-19-22/h6-7,9-10,18-21,26H,2-5,8,11-17H2,1H3,(H,25,27)/b7-6-,10-9-. The van der Waals surface area contributed by atoms with Gasteiger partial charge in [-0.2, -0.15) is 0 Å². The van der Waals surface area contributed by atoms with Crippen LogP contribution in [0.4, 0.5) is 5.69 Å². The molecule has 3 heteroatoms. The highest BCUT2D eigenvalue weighted by Gasteiger charge is 2.02. The molecule has 3 nitrogen and oxygen atoms in total. The van der Waals surface area contributed by atoms with Gasteiger partial charge in [-0.3, -0.25) is 4.79 Å². The van der Waals surface area contributed by atoms with Gasteiger partial charge in [-0.15, -0.1) is 0 Å². The predicted molar refractivity (Wildman–Crippen MR) is 116 cm³/mol. The van der Waals surface area contributed by atoms with Crippen molar-refractivity contribution in [3.8, 4) is 5.75 Å². The molecule has 0 unspecified atom stereocenters. The van der Waals surface area contributed by atoms with Crippen molar-refractivity contribution in [2.45, 2.75) is 84.0 Å². The zero-order valence-corrected chi connectivity index (χ0v) is 17.0. The van der Waals surface area contributed by atoms with Crippen LogP contribution in [0.15, 0.2) is 48.6 Å². The van der Waals surface area contributed by atoms with Crippen molar-refractivity contribution >= 4 is 11.6 Å². The SMILES string of the molecule is CCCCC/C=C\C/C=C\CCCCCCCC(=O)Nc1ccc(O)cc1. The Morgan fingerprint density at radius 2 is 1.44 bits per heavy atom. The van der Waals surface area contributed by atoms with Crippen molar-refractivity contribution in [1.82, 2.24) is 0 Å². The Balaban J connectivity index is 1.90. The maximum Gasteiger partial charge on any atom is 0.224 e. The van der Waals surface area contributed by atoms with Crippen molar-refractivity contribution in [1.29, 1.82) is 0 Å². The van der Waals surface area contributed by atoms with E-state index in [4.69, 9.17) is 0 Å². The maximum atomic E-state index is 11.8. The molecule has 1 aromatic carbocycles. The van der Waals surface area contributed by atoms with Crippen LogP contribution in [0.5, 0.6) is 5.75 Å². The summed E-state index contributed by atoms with van der Waals surface area (Å²) in [6.07, 6.45) is 22.8. The van der Waals surface area contributed by atoms with E-state index in [1.54, 1.807) is 24.3 Å². The van der Waals surface area contributed by atoms with Gasteiger partial charge < -0.3 is 10.4 Å². The number of carbonyl (C=O) groups is 1. The highest BCUT2D eigenvalue weighted by atomic mass is 16.3. The van der Waals surface area contributed by atoms with Crippen LogP contribution in [0.1, 0.15) is 84.0 Å². The van der Waals surface area contributed by atoms with E-state index in [-0.39, 0.29) is 11.7 Å². The second-order valence-corrected chi connectivity index (χ2v) is 7.08. The topological polar surface area (TPSA) is 49.3 Å². The summed E-state index contributed by atoms with van der Waals surface area (Å²) in [5, 5.41) is 12.1. The summed E-state index contributed by atoms with van der Waals surface area (Å²) in [6.45, 7) is 2.24. The summed E-state index contributed by atoms with van der Waals surface area (Å²) >= 11 is 0. The molecule has 0 aromatic heterocycles. The minimum atomic E-state index is 0.0476. The second kappa shape index (κ2) is 16.2. The van der Waals surface area contributed by atoms with Crippen LogP contribution in [0.2, 0.25) is 0 Å². The van der Waals surface area contributed by atoms with Gasteiger partial charge in [0.25, 0.3) is 0 Å². The first-order chi connectivity index (χ1) is 13.2. The van der Waals surface area contributed by atoms with Crippen molar-refractivity contribution in [2.24, 2.45) is 0 Å². The predicted octanol–water partition coefficient (Wildman–Crippen LogP) is 7.14. The van der Waals surface area contributed by atoms with Crippen LogP contribution in [0.25, 0.3) is 0 Å². The summed E-state index contributed by atoms with van der Waals surface area (Å²) in [4.78, 5) is 11.8. The fraction of sp³-hybridized carbons (Fsp3) is 0.542. The number of nitrogens with one attached hydrogen (secondary N) is 1. The van der Waals surface area contributed by atoms with Crippen LogP contribution >= 0.6 is 0 Å². The second-order valence-electron chi connectivity index (χ2n) is 7.08. The third-order valence-corrected chi connectivity index (χ3v) is 4.51. The number of amides is 1. The molecule has 0 aliphatic carbocycles. The fourth-order valence-corrected chi connectivity index (χ4v) is 2.87. The molecule has 0 heterocycles. The fourth-order valence-electron chi connectivity index (χ4n) is 2.87. The van der Waals surface area contributed by atoms with Crippen LogP contribution in [0.3, 0.4) is 0 Å². The molecule has 0 bridgehead atoms. The molecule has 0 aliphatic rings. The molecule has 1 rings (SSSR count). The van der Waals surface area contributed by atoms with Gasteiger partial charge in [0.05, 0.1) is 0 Å². The highest BCUT2D eigenvalue weighted by molar-refractivity contribution is 5.90. The summed E-state index contributed by atoms with van der Waals surface area (Å²) in [5.41, 5.74) is 0.736. The number of benzene rings is 1. The van der Waals surface area contributed by atoms with Gasteiger partial charge in [0.2, 0.25) is 5.91 Å². The number of unbranched alkanes of at least 4 members (excludes halogenated alkanes) is 8. The van der Waals surface area contributed by atoms with E-state index in [0.29, 0.717) is 6.42 Å². The lowest BCUT2D eigenvalue weighted by Crippen LogP contribution is -2.10. The molecule has 2 N–H and O–H groups in total. The van der Waals surface area contributed by atoms with Crippen molar-refractivity contribution in [3.63, 3.8) is 0 Å². The Kier molecular flexibility index (Phi) is 13.8. The van der Waals surface area contributed by atoms with Gasteiger partial charge in [0.1, 0.15) is 5.75 Å². The first-order valence-corrected chi connectivity index (χ1v) is 10.6. The first kappa shape index (κ1) is 23.0. The van der Waals surface area contributed by atoms with Crippen LogP contribution in [-0.4, -0.2) is 11.0 Å². The average Bonchev–Trinajstić information content (AvgIpc) is 2.66. The lowest BCUT2D eigenvalue weighted by molar-refractivity contribution is -0.116. The highest BCUT2D eigenvalue weighted by Crippen LogP contribution is 2.14. The van der Waals surface area contributed by atoms with Gasteiger partial charge in [-0.1, -0.05) is 63.3 Å². The van der Waals surface area contributed by atoms with Crippen molar-refractivity contribution < 1.29 is 9.90 Å². The summed E-state index contributed by atoms with van der Waals surface area (Å²) in [5.74, 6) is 0.257. The minimum absolute atomic E-state index is 0.0476. The van der Waals surface area contributed by atoms with E-state index < -0.39 is 0 Å². The Morgan fingerprint density at radius 3 is 2.11 bits per heavy atom. The molecule has 0 aliphatic heterocycles.